The maximum atomic E-state index is 13.3. The van der Waals surface area contributed by atoms with Crippen LogP contribution in [-0.4, -0.2) is 50.4 Å². The fourth-order valence-corrected chi connectivity index (χ4v) is 3.83. The summed E-state index contributed by atoms with van der Waals surface area (Å²) in [5.41, 5.74) is 4.37. The number of nitrogens with two attached hydrogens (primary N) is 1. The number of amides is 1. The molecule has 2 aromatic heterocycles. The molecule has 0 aliphatic carbocycles. The number of pyridine rings is 2. The first kappa shape index (κ1) is 23.5. The van der Waals surface area contributed by atoms with Crippen molar-refractivity contribution in [2.75, 3.05) is 6.54 Å². The van der Waals surface area contributed by atoms with Gasteiger partial charge in [-0.05, 0) is 36.2 Å². The smallest absolute Gasteiger partial charge is 0.379 e. The minimum absolute atomic E-state index is 0.0233. The summed E-state index contributed by atoms with van der Waals surface area (Å²) in [4.78, 5) is 20.1. The van der Waals surface area contributed by atoms with Crippen LogP contribution in [0.25, 0.3) is 22.2 Å². The Labute approximate surface area is 191 Å². The van der Waals surface area contributed by atoms with Crippen molar-refractivity contribution in [2.24, 2.45) is 16.1 Å². The van der Waals surface area contributed by atoms with Gasteiger partial charge in [0.05, 0.1) is 30.5 Å². The monoisotopic (exact) mass is 476 g/mol. The number of nitrogens with zero attached hydrogens (tertiary/aromatic N) is 5. The second kappa shape index (κ2) is 8.60. The van der Waals surface area contributed by atoms with Crippen LogP contribution in [0.2, 0.25) is 0 Å². The highest BCUT2D eigenvalue weighted by Crippen LogP contribution is 2.39. The van der Waals surface area contributed by atoms with E-state index in [0.29, 0.717) is 27.7 Å². The summed E-state index contributed by atoms with van der Waals surface area (Å²) in [6.07, 6.45) is -4.35. The van der Waals surface area contributed by atoms with Crippen LogP contribution in [0, 0.1) is 5.82 Å². The summed E-state index contributed by atoms with van der Waals surface area (Å²) in [5, 5.41) is 19.5. The fraction of sp³-hybridized carbons (Fsp3) is 0.318. The molecule has 1 unspecified atom stereocenters. The maximum absolute atomic E-state index is 13.3. The van der Waals surface area contributed by atoms with Gasteiger partial charge in [-0.2, -0.15) is 18.3 Å². The summed E-state index contributed by atoms with van der Waals surface area (Å²) in [5.74, 6) is -1.28. The van der Waals surface area contributed by atoms with Crippen LogP contribution in [0.1, 0.15) is 29.4 Å². The summed E-state index contributed by atoms with van der Waals surface area (Å²) < 4.78 is 53.3. The van der Waals surface area contributed by atoms with Gasteiger partial charge < -0.3 is 10.8 Å². The average Bonchev–Trinajstić information content (AvgIpc) is 3.26. The van der Waals surface area contributed by atoms with Gasteiger partial charge in [-0.3, -0.25) is 14.8 Å². The number of halogens is 4. The van der Waals surface area contributed by atoms with Crippen LogP contribution >= 0.6 is 0 Å². The fourth-order valence-electron chi connectivity index (χ4n) is 3.83. The zero-order valence-corrected chi connectivity index (χ0v) is 17.9. The average molecular weight is 476 g/mol. The molecule has 8 nitrogen and oxygen atoms in total. The lowest BCUT2D eigenvalue weighted by Crippen LogP contribution is -2.54. The van der Waals surface area contributed by atoms with Gasteiger partial charge in [0.15, 0.2) is 5.60 Å². The number of hydrogen-bond acceptors (Lipinski definition) is 7. The first-order chi connectivity index (χ1) is 16.0. The minimum Gasteiger partial charge on any atom is -0.379 e. The lowest BCUT2D eigenvalue weighted by atomic mass is 9.91. The molecule has 3 N–H and O–H groups in total. The molecular formula is C22H20F4N6O2. The third-order valence-corrected chi connectivity index (χ3v) is 5.78. The van der Waals surface area contributed by atoms with Gasteiger partial charge in [0.1, 0.15) is 17.6 Å². The number of aromatic nitrogens is 2. The number of alkyl halides is 3. The standard InChI is InChI=1S/C22H20F4N6O2/c1-2-21(34,22(24,25)26)19-11-32(31-30-19)10-12-3-5-14-15(16-6-4-13(23)9-28-16)8-18(20(27)33)29-17(14)7-12/h3-9,19,34H,2,10-11H2,1H3,(H2,27,33)/t19?,21-/m1/s1. The van der Waals surface area contributed by atoms with Gasteiger partial charge in [-0.1, -0.05) is 24.3 Å². The van der Waals surface area contributed by atoms with Crippen molar-refractivity contribution in [3.63, 3.8) is 0 Å². The molecule has 0 bridgehead atoms. The molecule has 0 saturated carbocycles. The first-order valence-electron chi connectivity index (χ1n) is 10.3. The maximum Gasteiger partial charge on any atom is 0.419 e. The van der Waals surface area contributed by atoms with Crippen molar-refractivity contribution >= 4 is 16.8 Å². The van der Waals surface area contributed by atoms with Gasteiger partial charge in [0.2, 0.25) is 0 Å². The molecule has 178 valence electrons. The Bertz CT molecular complexity index is 1260. The second-order valence-corrected chi connectivity index (χ2v) is 7.98. The number of primary amides is 1. The molecule has 1 amide bonds. The van der Waals surface area contributed by atoms with Gasteiger partial charge >= 0.3 is 6.18 Å². The third-order valence-electron chi connectivity index (χ3n) is 5.78. The van der Waals surface area contributed by atoms with Crippen LogP contribution in [0.15, 0.2) is 52.9 Å². The Morgan fingerprint density at radius 1 is 1.24 bits per heavy atom. The molecule has 34 heavy (non-hydrogen) atoms. The minimum atomic E-state index is -4.84. The molecular weight excluding hydrogens is 456 g/mol. The highest BCUT2D eigenvalue weighted by Gasteiger charge is 2.59. The number of carbonyl (C=O) groups is 1. The molecule has 0 saturated heterocycles. The van der Waals surface area contributed by atoms with E-state index >= 15 is 0 Å². The lowest BCUT2D eigenvalue weighted by Gasteiger charge is -2.32. The van der Waals surface area contributed by atoms with Crippen LogP contribution < -0.4 is 5.73 Å². The Kier molecular flexibility index (Phi) is 5.94. The zero-order chi connectivity index (χ0) is 24.7. The van der Waals surface area contributed by atoms with Crippen LogP contribution in [0.5, 0.6) is 0 Å². The molecule has 1 aliphatic heterocycles. The Balaban J connectivity index is 1.64. The molecule has 0 fully saturated rings. The van der Waals surface area contributed by atoms with Gasteiger partial charge in [-0.15, -0.1) is 0 Å². The molecule has 1 aliphatic rings. The van der Waals surface area contributed by atoms with E-state index in [4.69, 9.17) is 5.73 Å². The Morgan fingerprint density at radius 3 is 2.62 bits per heavy atom. The van der Waals surface area contributed by atoms with Crippen molar-refractivity contribution in [3.8, 4) is 11.3 Å². The topological polar surface area (TPSA) is 117 Å². The van der Waals surface area contributed by atoms with Crippen molar-refractivity contribution in [2.45, 2.75) is 37.7 Å². The predicted molar refractivity (Wildman–Crippen MR) is 114 cm³/mol. The van der Waals surface area contributed by atoms with Crippen molar-refractivity contribution < 1.29 is 27.5 Å². The molecule has 2 atom stereocenters. The van der Waals surface area contributed by atoms with Gasteiger partial charge in [0, 0.05) is 10.9 Å². The molecule has 4 rings (SSSR count). The number of hydrogen-bond donors (Lipinski definition) is 2. The van der Waals surface area contributed by atoms with Crippen LogP contribution in [-0.2, 0) is 6.54 Å². The van der Waals surface area contributed by atoms with Crippen LogP contribution in [0.3, 0.4) is 0 Å². The van der Waals surface area contributed by atoms with Crippen molar-refractivity contribution in [1.29, 1.82) is 0 Å². The summed E-state index contributed by atoms with van der Waals surface area (Å²) >= 11 is 0. The first-order valence-corrected chi connectivity index (χ1v) is 10.3. The number of carbonyl (C=O) groups excluding carboxylic acids is 1. The van der Waals surface area contributed by atoms with E-state index in [0.717, 1.165) is 6.20 Å². The highest BCUT2D eigenvalue weighted by atomic mass is 19.4. The summed E-state index contributed by atoms with van der Waals surface area (Å²) in [6.45, 7) is 1.12. The van der Waals surface area contributed by atoms with E-state index in [-0.39, 0.29) is 18.8 Å². The van der Waals surface area contributed by atoms with E-state index in [2.05, 4.69) is 20.3 Å². The molecule has 0 radical (unpaired) electrons. The molecule has 1 aromatic carbocycles. The third kappa shape index (κ3) is 4.28. The molecule has 12 heteroatoms. The van der Waals surface area contributed by atoms with Crippen molar-refractivity contribution in [1.82, 2.24) is 15.0 Å². The van der Waals surface area contributed by atoms with Crippen molar-refractivity contribution in [3.05, 3.63) is 59.7 Å². The number of rotatable bonds is 6. The molecule has 0 spiro atoms. The van der Waals surface area contributed by atoms with E-state index in [1.807, 2.05) is 0 Å². The summed E-state index contributed by atoms with van der Waals surface area (Å²) in [7, 11) is 0. The van der Waals surface area contributed by atoms with E-state index in [1.54, 1.807) is 18.2 Å². The number of fused-ring (bicyclic) bond motifs is 1. The van der Waals surface area contributed by atoms with E-state index in [9.17, 15) is 27.5 Å². The Morgan fingerprint density at radius 2 is 2.00 bits per heavy atom. The van der Waals surface area contributed by atoms with Gasteiger partial charge in [0.25, 0.3) is 5.91 Å². The second-order valence-electron chi connectivity index (χ2n) is 7.98. The normalized spacial score (nSPS) is 17.8. The molecule has 3 aromatic rings. The predicted octanol–water partition coefficient (Wildman–Crippen LogP) is 3.79. The SMILES string of the molecule is CC[C@@](O)(C1CN(Cc2ccc3c(-c4ccc(F)cn4)cc(C(N)=O)nc3c2)N=N1)C(F)(F)F. The number of aliphatic hydroxyl groups is 1. The lowest BCUT2D eigenvalue weighted by molar-refractivity contribution is -0.267. The zero-order valence-electron chi connectivity index (χ0n) is 17.9. The van der Waals surface area contributed by atoms with E-state index < -0.39 is 36.0 Å². The van der Waals surface area contributed by atoms with E-state index in [1.165, 1.54) is 30.1 Å². The number of benzene rings is 1. The summed E-state index contributed by atoms with van der Waals surface area (Å²) in [6, 6.07) is 7.79. The van der Waals surface area contributed by atoms with Crippen LogP contribution in [0.4, 0.5) is 17.6 Å². The van der Waals surface area contributed by atoms with Gasteiger partial charge in [-0.25, -0.2) is 9.37 Å². The molecule has 3 heterocycles. The Hall–Kier alpha value is -3.67. The highest BCUT2D eigenvalue weighted by molar-refractivity contribution is 6.00. The quantitative estimate of drug-likeness (QED) is 0.525. The largest absolute Gasteiger partial charge is 0.419 e.